The van der Waals surface area contributed by atoms with E-state index in [1.54, 1.807) is 56.4 Å². The van der Waals surface area contributed by atoms with Gasteiger partial charge in [-0.2, -0.15) is 5.10 Å². The molecule has 1 aromatic carbocycles. The van der Waals surface area contributed by atoms with Crippen molar-refractivity contribution < 1.29 is 19.4 Å². The molecule has 1 saturated carbocycles. The zero-order valence-electron chi connectivity index (χ0n) is 13.3. The first-order valence-electron chi connectivity index (χ1n) is 7.49. The number of carbonyl (C=O) groups excluding carboxylic acids is 1. The number of benzene rings is 1. The van der Waals surface area contributed by atoms with E-state index < -0.39 is 23.2 Å². The van der Waals surface area contributed by atoms with Crippen LogP contribution in [0.4, 0.5) is 5.69 Å². The van der Waals surface area contributed by atoms with E-state index in [1.807, 2.05) is 0 Å². The molecule has 7 nitrogen and oxygen atoms in total. The number of nitrogens with zero attached hydrogens (tertiary/aromatic N) is 2. The van der Waals surface area contributed by atoms with Crippen molar-refractivity contribution in [3.8, 4) is 11.6 Å². The number of hydrogen-bond acceptors (Lipinski definition) is 5. The number of nitrogens with one attached hydrogen (secondary N) is 1. The smallest absolute Gasteiger partial charge is 0.307 e. The summed E-state index contributed by atoms with van der Waals surface area (Å²) in [5.74, 6) is -1.45. The van der Waals surface area contributed by atoms with Gasteiger partial charge in [-0.05, 0) is 35.7 Å². The molecule has 0 radical (unpaired) electrons. The highest BCUT2D eigenvalue weighted by Gasteiger charge is 2.65. The summed E-state index contributed by atoms with van der Waals surface area (Å²) in [6.45, 7) is 3.57. The molecule has 2 N–H and O–H groups in total. The largest absolute Gasteiger partial charge is 0.481 e. The summed E-state index contributed by atoms with van der Waals surface area (Å²) in [6.07, 6.45) is 1.55. The molecule has 1 aliphatic carbocycles. The number of carbonyl (C=O) groups is 2. The minimum absolute atomic E-state index is 0.282. The van der Waals surface area contributed by atoms with Crippen LogP contribution >= 0.6 is 0 Å². The number of rotatable bonds is 5. The first-order valence-corrected chi connectivity index (χ1v) is 7.49. The zero-order valence-corrected chi connectivity index (χ0v) is 13.3. The summed E-state index contributed by atoms with van der Waals surface area (Å²) in [4.78, 5) is 23.4. The molecule has 1 amide bonds. The SMILES string of the molecule is CC1(C)[C@H](C(=O)O)[C@@H]1C(=O)Nc1ccc(Oc2cccnn2)cc1. The second-order valence-electron chi connectivity index (χ2n) is 6.29. The topological polar surface area (TPSA) is 101 Å². The summed E-state index contributed by atoms with van der Waals surface area (Å²) < 4.78 is 5.52. The molecule has 2 aromatic rings. The summed E-state index contributed by atoms with van der Waals surface area (Å²) >= 11 is 0. The summed E-state index contributed by atoms with van der Waals surface area (Å²) in [5, 5.41) is 19.4. The number of carboxylic acids is 1. The van der Waals surface area contributed by atoms with Gasteiger partial charge in [0.05, 0.1) is 11.8 Å². The highest BCUT2D eigenvalue weighted by atomic mass is 16.5. The number of aliphatic carboxylic acids is 1. The third-order valence-corrected chi connectivity index (χ3v) is 4.27. The highest BCUT2D eigenvalue weighted by Crippen LogP contribution is 2.58. The Balaban J connectivity index is 1.63. The molecule has 0 bridgehead atoms. The van der Waals surface area contributed by atoms with Gasteiger partial charge in [-0.25, -0.2) is 0 Å². The normalized spacial score (nSPS) is 20.9. The average Bonchev–Trinajstić information content (AvgIpc) is 3.13. The van der Waals surface area contributed by atoms with Crippen molar-refractivity contribution in [3.63, 3.8) is 0 Å². The maximum Gasteiger partial charge on any atom is 0.307 e. The minimum atomic E-state index is -0.937. The monoisotopic (exact) mass is 327 g/mol. The van der Waals surface area contributed by atoms with Gasteiger partial charge in [0, 0.05) is 18.0 Å². The van der Waals surface area contributed by atoms with Crippen LogP contribution in [0, 0.1) is 17.3 Å². The van der Waals surface area contributed by atoms with Crippen LogP contribution in [-0.4, -0.2) is 27.2 Å². The van der Waals surface area contributed by atoms with E-state index in [0.29, 0.717) is 17.3 Å². The molecule has 0 aliphatic heterocycles. The Labute approximate surface area is 138 Å². The van der Waals surface area contributed by atoms with Crippen molar-refractivity contribution in [1.82, 2.24) is 10.2 Å². The van der Waals surface area contributed by atoms with Crippen molar-refractivity contribution in [2.75, 3.05) is 5.32 Å². The van der Waals surface area contributed by atoms with E-state index in [0.717, 1.165) is 0 Å². The average molecular weight is 327 g/mol. The van der Waals surface area contributed by atoms with E-state index in [4.69, 9.17) is 9.84 Å². The molecule has 0 saturated heterocycles. The van der Waals surface area contributed by atoms with Gasteiger partial charge < -0.3 is 15.2 Å². The molecule has 2 atom stereocenters. The molecule has 1 aliphatic rings. The predicted octanol–water partition coefficient (Wildman–Crippen LogP) is 2.56. The van der Waals surface area contributed by atoms with E-state index >= 15 is 0 Å². The van der Waals surface area contributed by atoms with Crippen molar-refractivity contribution in [2.24, 2.45) is 17.3 Å². The fourth-order valence-corrected chi connectivity index (χ4v) is 2.88. The second-order valence-corrected chi connectivity index (χ2v) is 6.29. The third-order valence-electron chi connectivity index (χ3n) is 4.27. The zero-order chi connectivity index (χ0) is 17.3. The lowest BCUT2D eigenvalue weighted by molar-refractivity contribution is -0.140. The second kappa shape index (κ2) is 5.92. The van der Waals surface area contributed by atoms with E-state index in [2.05, 4.69) is 15.5 Å². The number of aromatic nitrogens is 2. The van der Waals surface area contributed by atoms with Crippen LogP contribution in [0.15, 0.2) is 42.6 Å². The lowest BCUT2D eigenvalue weighted by atomic mass is 10.1. The Morgan fingerprint density at radius 1 is 1.17 bits per heavy atom. The molecule has 0 spiro atoms. The van der Waals surface area contributed by atoms with Crippen molar-refractivity contribution in [2.45, 2.75) is 13.8 Å². The van der Waals surface area contributed by atoms with Gasteiger partial charge in [0.15, 0.2) is 0 Å². The quantitative estimate of drug-likeness (QED) is 0.875. The van der Waals surface area contributed by atoms with Gasteiger partial charge in [0.1, 0.15) is 5.75 Å². The van der Waals surface area contributed by atoms with Gasteiger partial charge in [0.25, 0.3) is 0 Å². The van der Waals surface area contributed by atoms with E-state index in [1.165, 1.54) is 0 Å². The molecule has 0 unspecified atom stereocenters. The minimum Gasteiger partial charge on any atom is -0.481 e. The maximum atomic E-state index is 12.3. The Kier molecular flexibility index (Phi) is 3.92. The van der Waals surface area contributed by atoms with Gasteiger partial charge in [0.2, 0.25) is 11.8 Å². The van der Waals surface area contributed by atoms with Crippen LogP contribution in [0.25, 0.3) is 0 Å². The molecule has 3 rings (SSSR count). The van der Waals surface area contributed by atoms with Crippen molar-refractivity contribution in [3.05, 3.63) is 42.6 Å². The Morgan fingerprint density at radius 2 is 1.88 bits per heavy atom. The Hall–Kier alpha value is -2.96. The third kappa shape index (κ3) is 3.05. The predicted molar refractivity (Wildman–Crippen MR) is 85.6 cm³/mol. The van der Waals surface area contributed by atoms with Crippen LogP contribution in [0.3, 0.4) is 0 Å². The number of amides is 1. The van der Waals surface area contributed by atoms with Gasteiger partial charge in [-0.1, -0.05) is 13.8 Å². The molecule has 7 heteroatoms. The Bertz CT molecular complexity index is 759. The number of hydrogen-bond donors (Lipinski definition) is 2. The molecule has 124 valence electrons. The van der Waals surface area contributed by atoms with Crippen molar-refractivity contribution >= 4 is 17.6 Å². The number of anilines is 1. The molecule has 1 aromatic heterocycles. The van der Waals surface area contributed by atoms with Crippen LogP contribution < -0.4 is 10.1 Å². The van der Waals surface area contributed by atoms with Gasteiger partial charge in [-0.3, -0.25) is 9.59 Å². The number of ether oxygens (including phenoxy) is 1. The van der Waals surface area contributed by atoms with Crippen LogP contribution in [0.5, 0.6) is 11.6 Å². The molecule has 1 heterocycles. The highest BCUT2D eigenvalue weighted by molar-refractivity contribution is 5.99. The summed E-state index contributed by atoms with van der Waals surface area (Å²) in [7, 11) is 0. The first-order chi connectivity index (χ1) is 11.4. The summed E-state index contributed by atoms with van der Waals surface area (Å²) in [5.41, 5.74) is 0.0589. The van der Waals surface area contributed by atoms with Crippen molar-refractivity contribution in [1.29, 1.82) is 0 Å². The lowest BCUT2D eigenvalue weighted by Crippen LogP contribution is -2.17. The van der Waals surface area contributed by atoms with E-state index in [9.17, 15) is 9.59 Å². The fourth-order valence-electron chi connectivity index (χ4n) is 2.88. The van der Waals surface area contributed by atoms with E-state index in [-0.39, 0.29) is 5.91 Å². The van der Waals surface area contributed by atoms with Crippen LogP contribution in [0.1, 0.15) is 13.8 Å². The first kappa shape index (κ1) is 15.9. The van der Waals surface area contributed by atoms with Crippen LogP contribution in [0.2, 0.25) is 0 Å². The lowest BCUT2D eigenvalue weighted by Gasteiger charge is -2.08. The van der Waals surface area contributed by atoms with Gasteiger partial charge >= 0.3 is 5.97 Å². The molecular weight excluding hydrogens is 310 g/mol. The fraction of sp³-hybridized carbons (Fsp3) is 0.294. The summed E-state index contributed by atoms with van der Waals surface area (Å²) in [6, 6.07) is 10.2. The van der Waals surface area contributed by atoms with Crippen LogP contribution in [-0.2, 0) is 9.59 Å². The molecular formula is C17H17N3O4. The number of carboxylic acid groups (broad SMARTS) is 1. The molecule has 24 heavy (non-hydrogen) atoms. The Morgan fingerprint density at radius 3 is 2.42 bits per heavy atom. The van der Waals surface area contributed by atoms with Gasteiger partial charge in [-0.15, -0.1) is 5.10 Å². The maximum absolute atomic E-state index is 12.3. The standard InChI is InChI=1S/C17H17N3O4/c1-17(2)13(14(17)16(22)23)15(21)19-10-5-7-11(8-6-10)24-12-4-3-9-18-20-12/h3-9,13-14H,1-2H3,(H,19,21)(H,22,23)/t13-,14+/m1/s1. The molecule has 1 fully saturated rings.